The lowest BCUT2D eigenvalue weighted by molar-refractivity contribution is -0.136. The van der Waals surface area contributed by atoms with Crippen LogP contribution in [-0.2, 0) is 9.59 Å². The van der Waals surface area contributed by atoms with Crippen molar-refractivity contribution in [2.24, 2.45) is 11.7 Å². The summed E-state index contributed by atoms with van der Waals surface area (Å²) in [7, 11) is 0. The lowest BCUT2D eigenvalue weighted by Gasteiger charge is -2.32. The molecule has 5 nitrogen and oxygen atoms in total. The number of carbonyl (C=O) groups is 2. The van der Waals surface area contributed by atoms with E-state index in [-0.39, 0.29) is 23.9 Å². The van der Waals surface area contributed by atoms with Gasteiger partial charge < -0.3 is 16.0 Å². The summed E-state index contributed by atoms with van der Waals surface area (Å²) in [6, 6.07) is 0. The van der Waals surface area contributed by atoms with Crippen molar-refractivity contribution in [1.82, 2.24) is 10.2 Å². The fourth-order valence-electron chi connectivity index (χ4n) is 2.84. The van der Waals surface area contributed by atoms with E-state index in [1.165, 1.54) is 0 Å². The summed E-state index contributed by atoms with van der Waals surface area (Å²) in [5, 5.41) is 3.00. The number of hydrogen-bond acceptors (Lipinski definition) is 3. The molecule has 1 aliphatic heterocycles. The van der Waals surface area contributed by atoms with Crippen molar-refractivity contribution < 1.29 is 9.59 Å². The summed E-state index contributed by atoms with van der Waals surface area (Å²) < 4.78 is 0. The molecule has 0 aromatic rings. The second-order valence-corrected chi connectivity index (χ2v) is 6.54. The zero-order valence-corrected chi connectivity index (χ0v) is 13.1. The number of amides is 2. The molecule has 0 spiro atoms. The van der Waals surface area contributed by atoms with Gasteiger partial charge in [-0.1, -0.05) is 20.3 Å². The number of carbonyl (C=O) groups excluding carboxylic acids is 2. The highest BCUT2D eigenvalue weighted by molar-refractivity contribution is 5.85. The molecule has 0 saturated carbocycles. The first-order chi connectivity index (χ1) is 9.36. The fraction of sp³-hybridized carbons (Fsp3) is 0.867. The Hall–Kier alpha value is -1.10. The molecule has 0 aliphatic carbocycles. The van der Waals surface area contributed by atoms with Crippen molar-refractivity contribution in [3.05, 3.63) is 0 Å². The second-order valence-electron chi connectivity index (χ2n) is 6.54. The SMILES string of the molecule is CC(C)CC(C)(CN)NC(=O)CN1CCCCCC1=O. The van der Waals surface area contributed by atoms with Crippen LogP contribution in [0, 0.1) is 5.92 Å². The predicted molar refractivity (Wildman–Crippen MR) is 80.1 cm³/mol. The van der Waals surface area contributed by atoms with Gasteiger partial charge in [0.15, 0.2) is 0 Å². The molecule has 1 unspecified atom stereocenters. The summed E-state index contributed by atoms with van der Waals surface area (Å²) >= 11 is 0. The number of likely N-dealkylation sites (tertiary alicyclic amines) is 1. The topological polar surface area (TPSA) is 75.4 Å². The molecule has 5 heteroatoms. The van der Waals surface area contributed by atoms with Crippen LogP contribution in [0.5, 0.6) is 0 Å². The van der Waals surface area contributed by atoms with Crippen molar-refractivity contribution in [3.63, 3.8) is 0 Å². The third kappa shape index (κ3) is 5.49. The minimum absolute atomic E-state index is 0.0935. The lowest BCUT2D eigenvalue weighted by atomic mass is 9.90. The van der Waals surface area contributed by atoms with E-state index in [4.69, 9.17) is 5.73 Å². The quantitative estimate of drug-likeness (QED) is 0.771. The molecule has 1 heterocycles. The number of rotatable bonds is 6. The van der Waals surface area contributed by atoms with E-state index in [9.17, 15) is 9.59 Å². The van der Waals surface area contributed by atoms with E-state index in [2.05, 4.69) is 19.2 Å². The van der Waals surface area contributed by atoms with Crippen LogP contribution in [0.3, 0.4) is 0 Å². The molecule has 1 atom stereocenters. The molecule has 0 aromatic carbocycles. The average molecular weight is 283 g/mol. The molecule has 1 aliphatic rings. The van der Waals surface area contributed by atoms with Gasteiger partial charge in [-0.05, 0) is 32.1 Å². The zero-order valence-electron chi connectivity index (χ0n) is 13.1. The third-order valence-corrected chi connectivity index (χ3v) is 3.76. The Bertz CT molecular complexity index is 344. The lowest BCUT2D eigenvalue weighted by Crippen LogP contribution is -2.54. The normalized spacial score (nSPS) is 19.6. The first-order valence-electron chi connectivity index (χ1n) is 7.65. The van der Waals surface area contributed by atoms with Crippen molar-refractivity contribution in [2.75, 3.05) is 19.6 Å². The molecule has 2 amide bonds. The molecule has 0 radical (unpaired) electrons. The van der Waals surface area contributed by atoms with Crippen LogP contribution in [0.1, 0.15) is 52.9 Å². The largest absolute Gasteiger partial charge is 0.348 e. The van der Waals surface area contributed by atoms with Crippen LogP contribution < -0.4 is 11.1 Å². The van der Waals surface area contributed by atoms with Crippen LogP contribution in [0.15, 0.2) is 0 Å². The Morgan fingerprint density at radius 1 is 1.40 bits per heavy atom. The maximum Gasteiger partial charge on any atom is 0.240 e. The average Bonchev–Trinajstić information content (AvgIpc) is 2.54. The summed E-state index contributed by atoms with van der Waals surface area (Å²) in [5.41, 5.74) is 5.41. The maximum atomic E-state index is 12.2. The van der Waals surface area contributed by atoms with E-state index < -0.39 is 0 Å². The Morgan fingerprint density at radius 3 is 2.70 bits per heavy atom. The van der Waals surface area contributed by atoms with E-state index in [0.29, 0.717) is 25.4 Å². The smallest absolute Gasteiger partial charge is 0.240 e. The molecular weight excluding hydrogens is 254 g/mol. The minimum Gasteiger partial charge on any atom is -0.348 e. The molecule has 1 saturated heterocycles. The Kier molecular flexibility index (Phi) is 6.46. The second kappa shape index (κ2) is 7.62. The van der Waals surface area contributed by atoms with Crippen molar-refractivity contribution in [2.45, 2.75) is 58.4 Å². The summed E-state index contributed by atoms with van der Waals surface area (Å²) in [4.78, 5) is 25.7. The molecule has 20 heavy (non-hydrogen) atoms. The molecular formula is C15H29N3O2. The van der Waals surface area contributed by atoms with Crippen molar-refractivity contribution in [3.8, 4) is 0 Å². The monoisotopic (exact) mass is 283 g/mol. The number of nitrogens with two attached hydrogens (primary N) is 1. The molecule has 116 valence electrons. The summed E-state index contributed by atoms with van der Waals surface area (Å²) in [6.07, 6.45) is 4.39. The van der Waals surface area contributed by atoms with Crippen LogP contribution in [-0.4, -0.2) is 41.9 Å². The highest BCUT2D eigenvalue weighted by Crippen LogP contribution is 2.16. The molecule has 1 rings (SSSR count). The van der Waals surface area contributed by atoms with Gasteiger partial charge in [-0.15, -0.1) is 0 Å². The Labute approximate surface area is 122 Å². The van der Waals surface area contributed by atoms with E-state index in [0.717, 1.165) is 25.7 Å². The van der Waals surface area contributed by atoms with Crippen LogP contribution in [0.2, 0.25) is 0 Å². The van der Waals surface area contributed by atoms with Gasteiger partial charge in [0.05, 0.1) is 6.54 Å². The summed E-state index contributed by atoms with van der Waals surface area (Å²) in [6.45, 7) is 7.44. The maximum absolute atomic E-state index is 12.2. The van der Waals surface area contributed by atoms with Gasteiger partial charge in [-0.2, -0.15) is 0 Å². The van der Waals surface area contributed by atoms with Gasteiger partial charge in [-0.25, -0.2) is 0 Å². The standard InChI is InChI=1S/C15H29N3O2/c1-12(2)9-15(3,11-16)17-13(19)10-18-8-6-4-5-7-14(18)20/h12H,4-11,16H2,1-3H3,(H,17,19). The fourth-order valence-corrected chi connectivity index (χ4v) is 2.84. The van der Waals surface area contributed by atoms with Gasteiger partial charge in [-0.3, -0.25) is 9.59 Å². The minimum atomic E-state index is -0.389. The highest BCUT2D eigenvalue weighted by Gasteiger charge is 2.27. The Morgan fingerprint density at radius 2 is 2.10 bits per heavy atom. The Balaban J connectivity index is 2.54. The van der Waals surface area contributed by atoms with Gasteiger partial charge in [0.25, 0.3) is 0 Å². The van der Waals surface area contributed by atoms with Crippen LogP contribution in [0.25, 0.3) is 0 Å². The van der Waals surface area contributed by atoms with Gasteiger partial charge in [0.1, 0.15) is 0 Å². The van der Waals surface area contributed by atoms with E-state index in [1.807, 2.05) is 6.92 Å². The molecule has 1 fully saturated rings. The number of hydrogen-bond donors (Lipinski definition) is 2. The molecule has 0 aromatic heterocycles. The van der Waals surface area contributed by atoms with Gasteiger partial charge >= 0.3 is 0 Å². The first kappa shape index (κ1) is 17.0. The number of nitrogens with zero attached hydrogens (tertiary/aromatic N) is 1. The number of nitrogens with one attached hydrogen (secondary N) is 1. The highest BCUT2D eigenvalue weighted by atomic mass is 16.2. The van der Waals surface area contributed by atoms with Gasteiger partial charge in [0.2, 0.25) is 11.8 Å². The van der Waals surface area contributed by atoms with E-state index in [1.54, 1.807) is 4.90 Å². The predicted octanol–water partition coefficient (Wildman–Crippen LogP) is 1.27. The molecule has 0 bridgehead atoms. The third-order valence-electron chi connectivity index (χ3n) is 3.76. The van der Waals surface area contributed by atoms with Crippen LogP contribution >= 0.6 is 0 Å². The van der Waals surface area contributed by atoms with E-state index >= 15 is 0 Å². The zero-order chi connectivity index (χ0) is 15.2. The van der Waals surface area contributed by atoms with Crippen molar-refractivity contribution in [1.29, 1.82) is 0 Å². The van der Waals surface area contributed by atoms with Gasteiger partial charge in [0, 0.05) is 25.0 Å². The summed E-state index contributed by atoms with van der Waals surface area (Å²) in [5.74, 6) is 0.452. The first-order valence-corrected chi connectivity index (χ1v) is 7.65. The van der Waals surface area contributed by atoms with Crippen LogP contribution in [0.4, 0.5) is 0 Å². The van der Waals surface area contributed by atoms with Crippen molar-refractivity contribution >= 4 is 11.8 Å². The molecule has 3 N–H and O–H groups in total.